The van der Waals surface area contributed by atoms with Gasteiger partial charge in [0, 0.05) is 41.9 Å². The normalized spacial score (nSPS) is 13.5. The van der Waals surface area contributed by atoms with E-state index in [4.69, 9.17) is 0 Å². The molecule has 1 aliphatic rings. The summed E-state index contributed by atoms with van der Waals surface area (Å²) in [6.07, 6.45) is 1.09. The van der Waals surface area contributed by atoms with Crippen molar-refractivity contribution in [2.24, 2.45) is 0 Å². The number of likely N-dealkylation sites (N-methyl/N-ethyl adjacent to an activating group) is 1. The molecule has 2 heterocycles. The van der Waals surface area contributed by atoms with Gasteiger partial charge >= 0.3 is 0 Å². The Kier molecular flexibility index (Phi) is 4.39. The predicted octanol–water partition coefficient (Wildman–Crippen LogP) is 4.32. The summed E-state index contributed by atoms with van der Waals surface area (Å²) in [5.41, 5.74) is 6.40. The number of amides is 1. The fourth-order valence-electron chi connectivity index (χ4n) is 3.85. The third-order valence-electron chi connectivity index (χ3n) is 4.96. The average molecular weight is 325 g/mol. The van der Waals surface area contributed by atoms with Gasteiger partial charge in [-0.2, -0.15) is 0 Å². The molecule has 4 heteroatoms. The number of hydrogen-bond donors (Lipinski definition) is 1. The number of fused-ring (bicyclic) bond motifs is 1. The van der Waals surface area contributed by atoms with Crippen LogP contribution in [0, 0.1) is 13.8 Å². The van der Waals surface area contributed by atoms with Crippen molar-refractivity contribution in [2.75, 3.05) is 23.3 Å². The van der Waals surface area contributed by atoms with Crippen LogP contribution in [0.5, 0.6) is 0 Å². The summed E-state index contributed by atoms with van der Waals surface area (Å²) in [6, 6.07) is 8.58. The third kappa shape index (κ3) is 2.81. The van der Waals surface area contributed by atoms with Crippen molar-refractivity contribution in [1.82, 2.24) is 4.57 Å². The first-order chi connectivity index (χ1) is 11.4. The lowest BCUT2D eigenvalue weighted by Crippen LogP contribution is -2.19. The van der Waals surface area contributed by atoms with E-state index in [1.165, 1.54) is 11.3 Å². The molecule has 0 aliphatic carbocycles. The first-order valence-corrected chi connectivity index (χ1v) is 8.80. The summed E-state index contributed by atoms with van der Waals surface area (Å²) in [5, 5.41) is 3.07. The second-order valence-electron chi connectivity index (χ2n) is 6.88. The number of hydrogen-bond acceptors (Lipinski definition) is 2. The summed E-state index contributed by atoms with van der Waals surface area (Å²) in [6.45, 7) is 12.6. The maximum Gasteiger partial charge on any atom is 0.257 e. The first-order valence-electron chi connectivity index (χ1n) is 8.80. The van der Waals surface area contributed by atoms with Gasteiger partial charge in [0.2, 0.25) is 0 Å². The lowest BCUT2D eigenvalue weighted by molar-refractivity contribution is 0.102. The van der Waals surface area contributed by atoms with E-state index in [1.807, 2.05) is 19.1 Å². The maximum atomic E-state index is 12.7. The number of nitrogens with one attached hydrogen (secondary N) is 1. The molecule has 0 spiro atoms. The molecular weight excluding hydrogens is 298 g/mol. The second kappa shape index (κ2) is 6.34. The number of aromatic nitrogens is 1. The van der Waals surface area contributed by atoms with Crippen LogP contribution in [-0.2, 0) is 6.42 Å². The third-order valence-corrected chi connectivity index (χ3v) is 4.96. The van der Waals surface area contributed by atoms with Crippen molar-refractivity contribution < 1.29 is 4.79 Å². The average Bonchev–Trinajstić information content (AvgIpc) is 3.07. The maximum absolute atomic E-state index is 12.7. The molecule has 1 N–H and O–H groups in total. The molecule has 1 amide bonds. The number of aryl methyl sites for hydroxylation is 1. The van der Waals surface area contributed by atoms with Crippen LogP contribution in [0.15, 0.2) is 24.3 Å². The van der Waals surface area contributed by atoms with E-state index in [0.717, 1.165) is 42.1 Å². The van der Waals surface area contributed by atoms with Gasteiger partial charge < -0.3 is 14.8 Å². The van der Waals surface area contributed by atoms with E-state index in [-0.39, 0.29) is 5.91 Å². The zero-order valence-electron chi connectivity index (χ0n) is 15.3. The van der Waals surface area contributed by atoms with Gasteiger partial charge in [-0.1, -0.05) is 6.07 Å². The molecule has 0 unspecified atom stereocenters. The highest BCUT2D eigenvalue weighted by molar-refractivity contribution is 6.05. The summed E-state index contributed by atoms with van der Waals surface area (Å²) in [7, 11) is 0. The van der Waals surface area contributed by atoms with Crippen LogP contribution < -0.4 is 10.2 Å². The Bertz CT molecular complexity index is 773. The molecule has 0 atom stereocenters. The monoisotopic (exact) mass is 325 g/mol. The van der Waals surface area contributed by atoms with E-state index in [9.17, 15) is 4.79 Å². The minimum Gasteiger partial charge on any atom is -0.371 e. The number of rotatable bonds is 4. The van der Waals surface area contributed by atoms with Gasteiger partial charge in [0.15, 0.2) is 0 Å². The van der Waals surface area contributed by atoms with Crippen LogP contribution in [0.3, 0.4) is 0 Å². The molecule has 24 heavy (non-hydrogen) atoms. The van der Waals surface area contributed by atoms with Gasteiger partial charge in [0.25, 0.3) is 5.91 Å². The number of nitrogens with zero attached hydrogens (tertiary/aromatic N) is 2. The molecule has 0 fully saturated rings. The summed E-state index contributed by atoms with van der Waals surface area (Å²) in [5.74, 6) is -0.0315. The predicted molar refractivity (Wildman–Crippen MR) is 100 cm³/mol. The first kappa shape index (κ1) is 16.6. The van der Waals surface area contributed by atoms with Crippen LogP contribution >= 0.6 is 0 Å². The molecule has 1 aromatic heterocycles. The Morgan fingerprint density at radius 2 is 2.00 bits per heavy atom. The molecule has 0 saturated heterocycles. The topological polar surface area (TPSA) is 37.3 Å². The van der Waals surface area contributed by atoms with E-state index in [1.54, 1.807) is 0 Å². The van der Waals surface area contributed by atoms with Gasteiger partial charge in [-0.3, -0.25) is 4.79 Å². The van der Waals surface area contributed by atoms with Gasteiger partial charge in [-0.05, 0) is 64.8 Å². The molecule has 4 nitrogen and oxygen atoms in total. The van der Waals surface area contributed by atoms with Crippen molar-refractivity contribution in [3.8, 4) is 0 Å². The smallest absolute Gasteiger partial charge is 0.257 e. The summed E-state index contributed by atoms with van der Waals surface area (Å²) < 4.78 is 2.20. The van der Waals surface area contributed by atoms with E-state index in [0.29, 0.717) is 6.04 Å². The molecule has 0 saturated carbocycles. The molecular formula is C20H27N3O. The van der Waals surface area contributed by atoms with Crippen molar-refractivity contribution in [1.29, 1.82) is 0 Å². The number of anilines is 2. The number of carbonyl (C=O) groups is 1. The molecule has 0 bridgehead atoms. The number of carbonyl (C=O) groups excluding carboxylic acids is 1. The highest BCUT2D eigenvalue weighted by Gasteiger charge is 2.20. The van der Waals surface area contributed by atoms with Crippen LogP contribution in [0.4, 0.5) is 11.4 Å². The zero-order valence-corrected chi connectivity index (χ0v) is 15.3. The van der Waals surface area contributed by atoms with Gasteiger partial charge in [-0.15, -0.1) is 0 Å². The highest BCUT2D eigenvalue weighted by atomic mass is 16.1. The second-order valence-corrected chi connectivity index (χ2v) is 6.88. The Labute approximate surface area is 144 Å². The molecule has 3 rings (SSSR count). The minimum absolute atomic E-state index is 0.0315. The zero-order chi connectivity index (χ0) is 17.4. The SMILES string of the molecule is CCN1CCc2ccc(NC(=O)c3cc(C)n(C(C)C)c3C)cc21. The summed E-state index contributed by atoms with van der Waals surface area (Å²) in [4.78, 5) is 15.1. The van der Waals surface area contributed by atoms with Gasteiger partial charge in [-0.25, -0.2) is 0 Å². The van der Waals surface area contributed by atoms with Gasteiger partial charge in [0.05, 0.1) is 5.56 Å². The highest BCUT2D eigenvalue weighted by Crippen LogP contribution is 2.31. The van der Waals surface area contributed by atoms with Crippen molar-refractivity contribution in [3.05, 3.63) is 46.8 Å². The Morgan fingerprint density at radius 1 is 1.25 bits per heavy atom. The lowest BCUT2D eigenvalue weighted by Gasteiger charge is -2.17. The quantitative estimate of drug-likeness (QED) is 0.909. The summed E-state index contributed by atoms with van der Waals surface area (Å²) >= 11 is 0. The van der Waals surface area contributed by atoms with E-state index in [2.05, 4.69) is 54.6 Å². The van der Waals surface area contributed by atoms with Crippen LogP contribution in [0.25, 0.3) is 0 Å². The van der Waals surface area contributed by atoms with Crippen LogP contribution in [0.2, 0.25) is 0 Å². The Morgan fingerprint density at radius 3 is 2.62 bits per heavy atom. The molecule has 128 valence electrons. The fraction of sp³-hybridized carbons (Fsp3) is 0.450. The van der Waals surface area contributed by atoms with Crippen molar-refractivity contribution in [2.45, 2.75) is 47.1 Å². The lowest BCUT2D eigenvalue weighted by atomic mass is 10.1. The van der Waals surface area contributed by atoms with Crippen LogP contribution in [-0.4, -0.2) is 23.6 Å². The number of benzene rings is 1. The van der Waals surface area contributed by atoms with Crippen molar-refractivity contribution in [3.63, 3.8) is 0 Å². The fourth-order valence-corrected chi connectivity index (χ4v) is 3.85. The van der Waals surface area contributed by atoms with Crippen molar-refractivity contribution >= 4 is 17.3 Å². The largest absolute Gasteiger partial charge is 0.371 e. The Balaban J connectivity index is 1.85. The molecule has 1 aromatic carbocycles. The Hall–Kier alpha value is -2.23. The minimum atomic E-state index is -0.0315. The molecule has 2 aromatic rings. The van der Waals surface area contributed by atoms with Crippen LogP contribution in [0.1, 0.15) is 54.1 Å². The van der Waals surface area contributed by atoms with Gasteiger partial charge in [0.1, 0.15) is 0 Å². The molecule has 0 radical (unpaired) electrons. The molecule has 1 aliphatic heterocycles. The standard InChI is InChI=1S/C20H27N3O/c1-6-22-10-9-16-7-8-17(12-19(16)22)21-20(24)18-11-14(4)23(13(2)3)15(18)5/h7-8,11-13H,6,9-10H2,1-5H3,(H,21,24). The van der Waals surface area contributed by atoms with E-state index < -0.39 is 0 Å². The van der Waals surface area contributed by atoms with E-state index >= 15 is 0 Å².